The minimum Gasteiger partial charge on any atom is -0.379 e. The first kappa shape index (κ1) is 43.3. The van der Waals surface area contributed by atoms with Gasteiger partial charge in [0, 0.05) is 34.4 Å². The van der Waals surface area contributed by atoms with Crippen molar-refractivity contribution in [2.24, 2.45) is 23.7 Å². The van der Waals surface area contributed by atoms with Crippen molar-refractivity contribution in [1.29, 1.82) is 0 Å². The number of ether oxygens (including phenoxy) is 2. The topological polar surface area (TPSA) is 121 Å². The van der Waals surface area contributed by atoms with Gasteiger partial charge in [-0.1, -0.05) is 85.2 Å². The van der Waals surface area contributed by atoms with Crippen molar-refractivity contribution in [3.63, 3.8) is 0 Å². The van der Waals surface area contributed by atoms with E-state index in [9.17, 15) is 19.2 Å². The van der Waals surface area contributed by atoms with E-state index in [2.05, 4.69) is 36.6 Å². The number of aldehydes is 1. The summed E-state index contributed by atoms with van der Waals surface area (Å²) in [6, 6.07) is 8.18. The minimum absolute atomic E-state index is 0.00224. The molecule has 1 heterocycles. The molecule has 1 saturated heterocycles. The Morgan fingerprint density at radius 1 is 1.02 bits per heavy atom. The third-order valence-corrected chi connectivity index (χ3v) is 10.7. The Morgan fingerprint density at radius 2 is 1.66 bits per heavy atom. The molecule has 11 heteroatoms. The fourth-order valence-electron chi connectivity index (χ4n) is 7.76. The van der Waals surface area contributed by atoms with Crippen molar-refractivity contribution in [2.75, 3.05) is 48.5 Å². The maximum atomic E-state index is 14.3. The van der Waals surface area contributed by atoms with E-state index in [4.69, 9.17) is 9.47 Å². The molecule has 0 aromatic heterocycles. The molecule has 1 aliphatic rings. The maximum Gasteiger partial charge on any atom is 0.245 e. The van der Waals surface area contributed by atoms with Crippen LogP contribution < -0.4 is 10.6 Å². The number of nitrogens with one attached hydrogen (secondary N) is 2. The summed E-state index contributed by atoms with van der Waals surface area (Å²) < 4.78 is 12.2. The van der Waals surface area contributed by atoms with E-state index < -0.39 is 29.8 Å². The molecular weight excluding hydrogens is 634 g/mol. The number of carbonyl (C=O) groups excluding carboxylic acids is 4. The van der Waals surface area contributed by atoms with E-state index in [1.165, 1.54) is 0 Å². The van der Waals surface area contributed by atoms with E-state index in [0.717, 1.165) is 31.1 Å². The molecule has 0 radical (unpaired) electrons. The summed E-state index contributed by atoms with van der Waals surface area (Å²) in [4.78, 5) is 59.6. The fourth-order valence-corrected chi connectivity index (χ4v) is 7.76. The van der Waals surface area contributed by atoms with Gasteiger partial charge in [0.1, 0.15) is 18.1 Å². The van der Waals surface area contributed by atoms with Crippen LogP contribution >= 0.6 is 0 Å². The van der Waals surface area contributed by atoms with Crippen molar-refractivity contribution in [3.8, 4) is 0 Å². The number of hydrogen-bond acceptors (Lipinski definition) is 8. The number of carbonyl (C=O) groups is 4. The highest BCUT2D eigenvalue weighted by Gasteiger charge is 2.50. The highest BCUT2D eigenvalue weighted by molar-refractivity contribution is 5.90. The number of likely N-dealkylation sites (tertiary alicyclic amines) is 1. The lowest BCUT2D eigenvalue weighted by molar-refractivity contribution is -0.159. The number of likely N-dealkylation sites (N-methyl/N-ethyl adjacent to an activating group) is 2. The van der Waals surface area contributed by atoms with Gasteiger partial charge in [-0.25, -0.2) is 0 Å². The molecule has 50 heavy (non-hydrogen) atoms. The standard InChI is InChI=1S/C39H67N5O6/c1-13-28(6)36(43(10)38(48)34(26(2)3)41-37(47)35(27(4)5)42(8)9)31(49-11)24-33(46)44-23-17-20-32(44)39(50-12,29(7)25-45)40-22-21-30-18-15-14-16-19-30/h14-16,18-19,25-29,31-32,34-36,40H,13,17,20-24H2,1-12H3,(H,41,47)/t28-,29-,31+,32-,34-,35-,36-,39+/m0/s1. The summed E-state index contributed by atoms with van der Waals surface area (Å²) in [5.74, 6) is -1.15. The van der Waals surface area contributed by atoms with Crippen molar-refractivity contribution in [2.45, 2.75) is 117 Å². The van der Waals surface area contributed by atoms with Crippen LogP contribution in [-0.4, -0.2) is 123 Å². The van der Waals surface area contributed by atoms with Crippen molar-refractivity contribution < 1.29 is 28.7 Å². The van der Waals surface area contributed by atoms with Gasteiger partial charge in [0.25, 0.3) is 0 Å². The first-order valence-electron chi connectivity index (χ1n) is 18.5. The molecule has 2 rings (SSSR count). The van der Waals surface area contributed by atoms with Gasteiger partial charge in [-0.2, -0.15) is 0 Å². The van der Waals surface area contributed by atoms with Crippen LogP contribution in [0.2, 0.25) is 0 Å². The van der Waals surface area contributed by atoms with Crippen molar-refractivity contribution >= 4 is 24.0 Å². The smallest absolute Gasteiger partial charge is 0.245 e. The van der Waals surface area contributed by atoms with Crippen LogP contribution in [-0.2, 0) is 35.1 Å². The monoisotopic (exact) mass is 702 g/mol. The molecule has 11 nitrogen and oxygen atoms in total. The van der Waals surface area contributed by atoms with Crippen LogP contribution in [0.25, 0.3) is 0 Å². The van der Waals surface area contributed by atoms with E-state index in [-0.39, 0.29) is 54.0 Å². The first-order valence-corrected chi connectivity index (χ1v) is 18.5. The molecule has 284 valence electrons. The molecule has 1 aromatic rings. The Balaban J connectivity index is 2.35. The van der Waals surface area contributed by atoms with Gasteiger partial charge in [0.2, 0.25) is 17.7 Å². The van der Waals surface area contributed by atoms with E-state index >= 15 is 0 Å². The third kappa shape index (κ3) is 10.6. The molecular formula is C39H67N5O6. The summed E-state index contributed by atoms with van der Waals surface area (Å²) in [6.07, 6.45) is 3.29. The summed E-state index contributed by atoms with van der Waals surface area (Å²) >= 11 is 0. The zero-order chi connectivity index (χ0) is 37.8. The molecule has 1 aliphatic heterocycles. The molecule has 0 unspecified atom stereocenters. The Morgan fingerprint density at radius 3 is 2.16 bits per heavy atom. The molecule has 0 aliphatic carbocycles. The average molecular weight is 702 g/mol. The number of amides is 3. The number of nitrogens with zero attached hydrogens (tertiary/aromatic N) is 3. The lowest BCUT2D eigenvalue weighted by Crippen LogP contribution is -2.65. The molecule has 1 aromatic carbocycles. The lowest BCUT2D eigenvalue weighted by atomic mass is 9.87. The van der Waals surface area contributed by atoms with Gasteiger partial charge >= 0.3 is 0 Å². The molecule has 2 N–H and O–H groups in total. The van der Waals surface area contributed by atoms with Gasteiger partial charge in [-0.05, 0) is 56.7 Å². The SMILES string of the molecule is CC[C@H](C)[C@@H]([C@@H](CC(=O)N1CCC[C@H]1[C@](NCCc1ccccc1)(OC)[C@@H](C)C=O)OC)N(C)C(=O)[C@@H](NC(=O)[C@H](C(C)C)N(C)C)C(C)C. The predicted octanol–water partition coefficient (Wildman–Crippen LogP) is 3.99. The first-order chi connectivity index (χ1) is 23.6. The molecule has 8 atom stereocenters. The van der Waals surface area contributed by atoms with Gasteiger partial charge < -0.3 is 29.4 Å². The third-order valence-electron chi connectivity index (χ3n) is 10.7. The van der Waals surface area contributed by atoms with Gasteiger partial charge in [-0.15, -0.1) is 0 Å². The van der Waals surface area contributed by atoms with Gasteiger partial charge in [0.15, 0.2) is 0 Å². The Kier molecular flexibility index (Phi) is 17.5. The highest BCUT2D eigenvalue weighted by Crippen LogP contribution is 2.34. The normalized spacial score (nSPS) is 19.8. The van der Waals surface area contributed by atoms with E-state index in [1.54, 1.807) is 26.2 Å². The second kappa shape index (κ2) is 20.2. The van der Waals surface area contributed by atoms with Crippen LogP contribution in [0.1, 0.15) is 79.7 Å². The lowest BCUT2D eigenvalue weighted by Gasteiger charge is -2.45. The number of benzene rings is 1. The fraction of sp³-hybridized carbons (Fsp3) is 0.744. The second-order valence-electron chi connectivity index (χ2n) is 15.0. The molecule has 3 amide bonds. The van der Waals surface area contributed by atoms with Crippen molar-refractivity contribution in [3.05, 3.63) is 35.9 Å². The highest BCUT2D eigenvalue weighted by atomic mass is 16.5. The van der Waals surface area contributed by atoms with E-state index in [0.29, 0.717) is 19.5 Å². The van der Waals surface area contributed by atoms with Crippen molar-refractivity contribution in [1.82, 2.24) is 25.3 Å². The minimum atomic E-state index is -1.07. The molecule has 0 bridgehead atoms. The number of methoxy groups -OCH3 is 2. The quantitative estimate of drug-likeness (QED) is 0.146. The molecule has 0 saturated carbocycles. The maximum absolute atomic E-state index is 14.3. The second-order valence-corrected chi connectivity index (χ2v) is 15.0. The van der Waals surface area contributed by atoms with Crippen LogP contribution in [0.3, 0.4) is 0 Å². The Bertz CT molecular complexity index is 1200. The zero-order valence-electron chi connectivity index (χ0n) is 32.9. The zero-order valence-corrected chi connectivity index (χ0v) is 32.9. The van der Waals surface area contributed by atoms with E-state index in [1.807, 2.05) is 76.7 Å². The van der Waals surface area contributed by atoms with Crippen LogP contribution in [0, 0.1) is 23.7 Å². The Labute approximate surface area is 302 Å². The molecule has 0 spiro atoms. The van der Waals surface area contributed by atoms with Crippen LogP contribution in [0.4, 0.5) is 0 Å². The Hall–Kier alpha value is -2.86. The average Bonchev–Trinajstić information content (AvgIpc) is 3.58. The number of rotatable bonds is 21. The van der Waals surface area contributed by atoms with Crippen LogP contribution in [0.5, 0.6) is 0 Å². The summed E-state index contributed by atoms with van der Waals surface area (Å²) in [5, 5.41) is 6.60. The molecule has 1 fully saturated rings. The predicted molar refractivity (Wildman–Crippen MR) is 198 cm³/mol. The van der Waals surface area contributed by atoms with Gasteiger partial charge in [0.05, 0.1) is 36.6 Å². The number of hydrogen-bond donors (Lipinski definition) is 2. The van der Waals surface area contributed by atoms with Crippen LogP contribution in [0.15, 0.2) is 30.3 Å². The summed E-state index contributed by atoms with van der Waals surface area (Å²) in [6.45, 7) is 14.9. The summed E-state index contributed by atoms with van der Waals surface area (Å²) in [7, 11) is 8.66. The summed E-state index contributed by atoms with van der Waals surface area (Å²) in [5.41, 5.74) is 0.0922. The largest absolute Gasteiger partial charge is 0.379 e. The van der Waals surface area contributed by atoms with Gasteiger partial charge in [-0.3, -0.25) is 24.6 Å².